The van der Waals surface area contributed by atoms with Crippen molar-refractivity contribution in [2.24, 2.45) is 0 Å². The van der Waals surface area contributed by atoms with Crippen LogP contribution in [-0.4, -0.2) is 56.0 Å². The second kappa shape index (κ2) is 6.79. The van der Waals surface area contributed by atoms with Gasteiger partial charge in [-0.3, -0.25) is 9.69 Å². The maximum atomic E-state index is 10.9. The highest BCUT2D eigenvalue weighted by Gasteiger charge is 2.09. The molecule has 0 spiro atoms. The molecule has 0 aromatic carbocycles. The van der Waals surface area contributed by atoms with Gasteiger partial charge in [-0.1, -0.05) is 6.92 Å². The fourth-order valence-electron chi connectivity index (χ4n) is 1.33. The third-order valence-corrected chi connectivity index (χ3v) is 2.92. The third kappa shape index (κ3) is 9.68. The van der Waals surface area contributed by atoms with E-state index in [-0.39, 0.29) is 12.3 Å². The van der Waals surface area contributed by atoms with Crippen LogP contribution in [0, 0.1) is 0 Å². The second-order valence-corrected chi connectivity index (χ2v) is 5.91. The summed E-state index contributed by atoms with van der Waals surface area (Å²) in [5.74, 6) is -0.755. The molecule has 0 heterocycles. The molecular weight excluding hydrogens is 218 g/mol. The SMILES string of the molecule is CCCN(CCCS(C)(=O)=O)CC(=O)O. The van der Waals surface area contributed by atoms with E-state index >= 15 is 0 Å². The first-order valence-electron chi connectivity index (χ1n) is 4.97. The molecule has 0 aromatic rings. The van der Waals surface area contributed by atoms with Crippen molar-refractivity contribution in [3.63, 3.8) is 0 Å². The van der Waals surface area contributed by atoms with E-state index in [0.29, 0.717) is 19.5 Å². The summed E-state index contributed by atoms with van der Waals surface area (Å²) >= 11 is 0. The molecule has 0 bridgehead atoms. The molecule has 0 atom stereocenters. The van der Waals surface area contributed by atoms with Crippen LogP contribution in [0.3, 0.4) is 0 Å². The van der Waals surface area contributed by atoms with Crippen LogP contribution in [0.15, 0.2) is 0 Å². The molecule has 0 aliphatic rings. The quantitative estimate of drug-likeness (QED) is 0.653. The monoisotopic (exact) mass is 237 g/mol. The van der Waals surface area contributed by atoms with Gasteiger partial charge >= 0.3 is 5.97 Å². The summed E-state index contributed by atoms with van der Waals surface area (Å²) < 4.78 is 21.7. The first-order chi connectivity index (χ1) is 6.85. The van der Waals surface area contributed by atoms with Crippen LogP contribution in [0.1, 0.15) is 19.8 Å². The standard InChI is InChI=1S/C9H19NO4S/c1-3-5-10(8-9(11)12)6-4-7-15(2,13)14/h3-8H2,1-2H3,(H,11,12). The van der Waals surface area contributed by atoms with Crippen LogP contribution in [-0.2, 0) is 14.6 Å². The van der Waals surface area contributed by atoms with Crippen molar-refractivity contribution in [3.8, 4) is 0 Å². The van der Waals surface area contributed by atoms with Crippen molar-refractivity contribution in [3.05, 3.63) is 0 Å². The van der Waals surface area contributed by atoms with Gasteiger partial charge in [0.15, 0.2) is 0 Å². The Morgan fingerprint density at radius 2 is 1.93 bits per heavy atom. The number of carboxylic acid groups (broad SMARTS) is 1. The van der Waals surface area contributed by atoms with Crippen LogP contribution in [0.4, 0.5) is 0 Å². The Morgan fingerprint density at radius 3 is 2.33 bits per heavy atom. The van der Waals surface area contributed by atoms with E-state index in [4.69, 9.17) is 5.11 Å². The van der Waals surface area contributed by atoms with Gasteiger partial charge in [0.2, 0.25) is 0 Å². The molecular formula is C9H19NO4S. The summed E-state index contributed by atoms with van der Waals surface area (Å²) in [5.41, 5.74) is 0. The minimum Gasteiger partial charge on any atom is -0.480 e. The summed E-state index contributed by atoms with van der Waals surface area (Å²) in [5, 5.41) is 8.61. The van der Waals surface area contributed by atoms with Crippen LogP contribution < -0.4 is 0 Å². The predicted octanol–water partition coefficient (Wildman–Crippen LogP) is 0.218. The molecule has 0 aliphatic carbocycles. The Bertz CT molecular complexity index is 286. The van der Waals surface area contributed by atoms with Crippen LogP contribution in [0.5, 0.6) is 0 Å². The van der Waals surface area contributed by atoms with E-state index in [9.17, 15) is 13.2 Å². The van der Waals surface area contributed by atoms with Gasteiger partial charge in [0.1, 0.15) is 9.84 Å². The number of rotatable bonds is 8. The molecule has 0 aliphatic heterocycles. The molecule has 90 valence electrons. The predicted molar refractivity (Wildman–Crippen MR) is 58.7 cm³/mol. The van der Waals surface area contributed by atoms with Crippen molar-refractivity contribution in [2.45, 2.75) is 19.8 Å². The van der Waals surface area contributed by atoms with Crippen LogP contribution in [0.2, 0.25) is 0 Å². The van der Waals surface area contributed by atoms with E-state index < -0.39 is 15.8 Å². The fraction of sp³-hybridized carbons (Fsp3) is 0.889. The average molecular weight is 237 g/mol. The van der Waals surface area contributed by atoms with Crippen molar-refractivity contribution in [2.75, 3.05) is 31.6 Å². The highest BCUT2D eigenvalue weighted by Crippen LogP contribution is 1.96. The third-order valence-electron chi connectivity index (χ3n) is 1.89. The van der Waals surface area contributed by atoms with E-state index in [2.05, 4.69) is 0 Å². The lowest BCUT2D eigenvalue weighted by molar-refractivity contribution is -0.138. The number of hydrogen-bond donors (Lipinski definition) is 1. The molecule has 0 saturated heterocycles. The number of carbonyl (C=O) groups is 1. The normalized spacial score (nSPS) is 11.9. The Hall–Kier alpha value is -0.620. The van der Waals surface area contributed by atoms with Crippen molar-refractivity contribution >= 4 is 15.8 Å². The maximum absolute atomic E-state index is 10.9. The van der Waals surface area contributed by atoms with E-state index in [1.54, 1.807) is 4.90 Å². The van der Waals surface area contributed by atoms with E-state index in [1.807, 2.05) is 6.92 Å². The molecule has 5 nitrogen and oxygen atoms in total. The summed E-state index contributed by atoms with van der Waals surface area (Å²) in [6.45, 7) is 3.16. The van der Waals surface area contributed by atoms with Gasteiger partial charge in [-0.05, 0) is 25.9 Å². The van der Waals surface area contributed by atoms with Gasteiger partial charge in [-0.15, -0.1) is 0 Å². The number of aliphatic carboxylic acids is 1. The first kappa shape index (κ1) is 14.4. The van der Waals surface area contributed by atoms with Crippen LogP contribution >= 0.6 is 0 Å². The first-order valence-corrected chi connectivity index (χ1v) is 7.03. The van der Waals surface area contributed by atoms with Gasteiger partial charge < -0.3 is 5.11 Å². The van der Waals surface area contributed by atoms with Gasteiger partial charge in [0.05, 0.1) is 12.3 Å². The number of hydrogen-bond acceptors (Lipinski definition) is 4. The Morgan fingerprint density at radius 1 is 1.33 bits per heavy atom. The van der Waals surface area contributed by atoms with E-state index in [0.717, 1.165) is 6.42 Å². The summed E-state index contributed by atoms with van der Waals surface area (Å²) in [6, 6.07) is 0. The minimum absolute atomic E-state index is 0.0163. The zero-order valence-corrected chi connectivity index (χ0v) is 10.1. The fourth-order valence-corrected chi connectivity index (χ4v) is 1.98. The smallest absolute Gasteiger partial charge is 0.317 e. The maximum Gasteiger partial charge on any atom is 0.317 e. The lowest BCUT2D eigenvalue weighted by Gasteiger charge is -2.18. The zero-order chi connectivity index (χ0) is 11.9. The van der Waals surface area contributed by atoms with Gasteiger partial charge in [-0.25, -0.2) is 8.42 Å². The summed E-state index contributed by atoms with van der Waals surface area (Å²) in [4.78, 5) is 12.2. The number of carboxylic acids is 1. The zero-order valence-electron chi connectivity index (χ0n) is 9.27. The van der Waals surface area contributed by atoms with Gasteiger partial charge in [-0.2, -0.15) is 0 Å². The Balaban J connectivity index is 3.90. The molecule has 0 aromatic heterocycles. The molecule has 1 N–H and O–H groups in total. The molecule has 0 saturated carbocycles. The van der Waals surface area contributed by atoms with Crippen molar-refractivity contribution in [1.82, 2.24) is 4.90 Å². The van der Waals surface area contributed by atoms with Gasteiger partial charge in [0.25, 0.3) is 0 Å². The molecule has 6 heteroatoms. The summed E-state index contributed by atoms with van der Waals surface area (Å²) in [7, 11) is -2.94. The van der Waals surface area contributed by atoms with Crippen molar-refractivity contribution in [1.29, 1.82) is 0 Å². The highest BCUT2D eigenvalue weighted by atomic mass is 32.2. The number of nitrogens with zero attached hydrogens (tertiary/aromatic N) is 1. The molecule has 0 unspecified atom stereocenters. The molecule has 0 radical (unpaired) electrons. The van der Waals surface area contributed by atoms with Gasteiger partial charge in [0, 0.05) is 6.26 Å². The highest BCUT2D eigenvalue weighted by molar-refractivity contribution is 7.90. The molecule has 0 rings (SSSR count). The lowest BCUT2D eigenvalue weighted by atomic mass is 10.3. The van der Waals surface area contributed by atoms with E-state index in [1.165, 1.54) is 6.26 Å². The summed E-state index contributed by atoms with van der Waals surface area (Å²) in [6.07, 6.45) is 2.55. The second-order valence-electron chi connectivity index (χ2n) is 3.65. The topological polar surface area (TPSA) is 74.7 Å². The van der Waals surface area contributed by atoms with Crippen LogP contribution in [0.25, 0.3) is 0 Å². The lowest BCUT2D eigenvalue weighted by Crippen LogP contribution is -2.32. The molecule has 0 fully saturated rings. The Labute approximate surface area is 91.0 Å². The largest absolute Gasteiger partial charge is 0.480 e. The number of sulfone groups is 1. The Kier molecular flexibility index (Phi) is 6.51. The van der Waals surface area contributed by atoms with Crippen molar-refractivity contribution < 1.29 is 18.3 Å². The molecule has 0 amide bonds. The minimum atomic E-state index is -2.94. The average Bonchev–Trinajstić information content (AvgIpc) is 2.00. The molecule has 15 heavy (non-hydrogen) atoms.